The van der Waals surface area contributed by atoms with Gasteiger partial charge in [0.1, 0.15) is 0 Å². The molecule has 32 valence electrons. The van der Waals surface area contributed by atoms with E-state index in [2.05, 4.69) is 0 Å². The quantitative estimate of drug-likeness (QED) is 0.425. The first kappa shape index (κ1) is 89.7. The number of hydrogen-bond donors (Lipinski definition) is 0. The molecule has 8 heteroatoms. The van der Waals surface area contributed by atoms with Gasteiger partial charge in [-0.3, -0.25) is 0 Å². The van der Waals surface area contributed by atoms with Crippen LogP contribution in [0, 0.1) is 0 Å². The molecule has 0 atom stereocenters. The second-order valence-corrected chi connectivity index (χ2v) is 0. The average molecular weight is 393 g/mol. The van der Waals surface area contributed by atoms with Gasteiger partial charge >= 0.3 is 132 Å². The first-order chi connectivity index (χ1) is 0. The van der Waals surface area contributed by atoms with Gasteiger partial charge in [-0.2, -0.15) is 0 Å². The molecule has 0 radical (unpaired) electrons. The van der Waals surface area contributed by atoms with E-state index in [4.69, 9.17) is 0 Å². The van der Waals surface area contributed by atoms with Crippen LogP contribution in [0.4, 0.5) is 0 Å². The van der Waals surface area contributed by atoms with Crippen molar-refractivity contribution in [2.75, 3.05) is 0 Å². The minimum atomic E-state index is 0. The molecular formula is Al2Ba2O4+2. The van der Waals surface area contributed by atoms with Gasteiger partial charge in [0.25, 0.3) is 0 Å². The normalized spacial score (nSPS) is 0. The molecule has 0 aromatic carbocycles. The summed E-state index contributed by atoms with van der Waals surface area (Å²) in [5, 5.41) is 0. The van der Waals surface area contributed by atoms with Crippen LogP contribution in [-0.4, -0.2) is 132 Å². The third kappa shape index (κ3) is 50.2. The predicted octanol–water partition coefficient (Wildman–Crippen LogP) is -2.00. The fourth-order valence-corrected chi connectivity index (χ4v) is 0. The van der Waals surface area contributed by atoms with Crippen LogP contribution in [0.25, 0.3) is 0 Å². The minimum absolute atomic E-state index is 0. The van der Waals surface area contributed by atoms with Crippen LogP contribution in [0.5, 0.6) is 0 Å². The molecule has 0 saturated heterocycles. The molecule has 0 aromatic heterocycles. The second kappa shape index (κ2) is 68.1. The third-order valence-electron chi connectivity index (χ3n) is 0. The van der Waals surface area contributed by atoms with Gasteiger partial charge in [-0.05, 0) is 0 Å². The van der Waals surface area contributed by atoms with E-state index < -0.39 is 0 Å². The van der Waals surface area contributed by atoms with Crippen molar-refractivity contribution in [2.45, 2.75) is 0 Å². The van der Waals surface area contributed by atoms with E-state index in [1.165, 1.54) is 0 Å². The zero-order valence-electron chi connectivity index (χ0n) is 4.20. The topological polar surface area (TPSA) is 114 Å². The van der Waals surface area contributed by atoms with Gasteiger partial charge in [-0.1, -0.05) is 0 Å². The van der Waals surface area contributed by atoms with Crippen molar-refractivity contribution in [3.8, 4) is 0 Å². The maximum Gasteiger partial charge on any atom is 3.00 e. The van der Waals surface area contributed by atoms with E-state index in [0.29, 0.717) is 0 Å². The Bertz CT molecular complexity index is 12.0. The summed E-state index contributed by atoms with van der Waals surface area (Å²) in [4.78, 5) is 0. The van der Waals surface area contributed by atoms with E-state index in [-0.39, 0.29) is 154 Å². The Balaban J connectivity index is 0. The molecule has 8 heavy (non-hydrogen) atoms. The monoisotopic (exact) mass is 394 g/mol. The molecule has 0 aliphatic rings. The molecule has 0 heterocycles. The van der Waals surface area contributed by atoms with Crippen molar-refractivity contribution in [1.29, 1.82) is 0 Å². The van der Waals surface area contributed by atoms with E-state index in [1.54, 1.807) is 0 Å². The molecule has 0 unspecified atom stereocenters. The fourth-order valence-electron chi connectivity index (χ4n) is 0. The predicted molar refractivity (Wildman–Crippen MR) is 25.8 cm³/mol. The Labute approximate surface area is 150 Å². The van der Waals surface area contributed by atoms with Crippen LogP contribution >= 0.6 is 0 Å². The van der Waals surface area contributed by atoms with Crippen molar-refractivity contribution in [3.63, 3.8) is 0 Å². The van der Waals surface area contributed by atoms with E-state index >= 15 is 0 Å². The van der Waals surface area contributed by atoms with Gasteiger partial charge in [-0.15, -0.1) is 0 Å². The van der Waals surface area contributed by atoms with Crippen LogP contribution in [-0.2, 0) is 21.9 Å². The summed E-state index contributed by atoms with van der Waals surface area (Å²) in [6, 6.07) is 0. The molecule has 0 spiro atoms. The maximum atomic E-state index is 0. The Morgan fingerprint density at radius 2 is 0.375 bits per heavy atom. The molecule has 0 bridgehead atoms. The zero-order valence-corrected chi connectivity index (χ0v) is 15.4. The van der Waals surface area contributed by atoms with Crippen LogP contribution in [0.2, 0.25) is 0 Å². The van der Waals surface area contributed by atoms with Gasteiger partial charge < -0.3 is 21.9 Å². The van der Waals surface area contributed by atoms with E-state index in [9.17, 15) is 0 Å². The summed E-state index contributed by atoms with van der Waals surface area (Å²) >= 11 is 0. The third-order valence-corrected chi connectivity index (χ3v) is 0. The van der Waals surface area contributed by atoms with Crippen molar-refractivity contribution in [1.82, 2.24) is 0 Å². The standard InChI is InChI=1S/2Al.2Ba.4O/q2*+3;2*+2;4*-2. The fraction of sp³-hybridized carbons (Fsp3) is 0. The van der Waals surface area contributed by atoms with E-state index in [0.717, 1.165) is 0 Å². The average Bonchev–Trinajstić information content (AvgIpc) is 0. The molecule has 0 aliphatic carbocycles. The summed E-state index contributed by atoms with van der Waals surface area (Å²) in [5.41, 5.74) is 0. The Kier molecular flexibility index (Phi) is 764. The summed E-state index contributed by atoms with van der Waals surface area (Å²) in [6.45, 7) is 0. The van der Waals surface area contributed by atoms with Crippen molar-refractivity contribution in [2.24, 2.45) is 0 Å². The summed E-state index contributed by atoms with van der Waals surface area (Å²) < 4.78 is 0. The second-order valence-electron chi connectivity index (χ2n) is 0. The van der Waals surface area contributed by atoms with Crippen LogP contribution in [0.1, 0.15) is 0 Å². The Morgan fingerprint density at radius 1 is 0.375 bits per heavy atom. The van der Waals surface area contributed by atoms with Gasteiger partial charge in [0.05, 0.1) is 0 Å². The first-order valence-corrected chi connectivity index (χ1v) is 0. The minimum Gasteiger partial charge on any atom is -2.00 e. The smallest absolute Gasteiger partial charge is 2.00 e. The number of hydrogen-bond acceptors (Lipinski definition) is 0. The van der Waals surface area contributed by atoms with Crippen molar-refractivity contribution < 1.29 is 21.9 Å². The van der Waals surface area contributed by atoms with Crippen molar-refractivity contribution >= 4 is 132 Å². The molecule has 0 fully saturated rings. The van der Waals surface area contributed by atoms with Crippen LogP contribution in [0.3, 0.4) is 0 Å². The molecule has 0 amide bonds. The van der Waals surface area contributed by atoms with Gasteiger partial charge in [0.15, 0.2) is 0 Å². The van der Waals surface area contributed by atoms with E-state index in [1.807, 2.05) is 0 Å². The summed E-state index contributed by atoms with van der Waals surface area (Å²) in [5.74, 6) is 0. The molecule has 0 rings (SSSR count). The molecule has 0 saturated carbocycles. The van der Waals surface area contributed by atoms with Crippen LogP contribution < -0.4 is 0 Å². The van der Waals surface area contributed by atoms with Gasteiger partial charge in [0, 0.05) is 0 Å². The van der Waals surface area contributed by atoms with Gasteiger partial charge in [0.2, 0.25) is 0 Å². The summed E-state index contributed by atoms with van der Waals surface area (Å²) in [6.07, 6.45) is 0. The SMILES string of the molecule is [Al+3].[Al+3].[Ba+2].[Ba+2].[O-2].[O-2].[O-2].[O-2]. The molecule has 0 aliphatic heterocycles. The molecular weight excluding hydrogens is 393 g/mol. The molecule has 4 nitrogen and oxygen atoms in total. The van der Waals surface area contributed by atoms with Crippen LogP contribution in [0.15, 0.2) is 0 Å². The van der Waals surface area contributed by atoms with Gasteiger partial charge in [-0.25, -0.2) is 0 Å². The molecule has 0 aromatic rings. The molecule has 0 N–H and O–H groups in total. The summed E-state index contributed by atoms with van der Waals surface area (Å²) in [7, 11) is 0. The number of rotatable bonds is 0. The first-order valence-electron chi connectivity index (χ1n) is 0. The Morgan fingerprint density at radius 3 is 0.375 bits per heavy atom. The zero-order chi connectivity index (χ0) is 0. The van der Waals surface area contributed by atoms with Crippen molar-refractivity contribution in [3.05, 3.63) is 0 Å². The maximum absolute atomic E-state index is 0. The largest absolute Gasteiger partial charge is 3.00 e. The Hall–Kier alpha value is 4.05.